The lowest BCUT2D eigenvalue weighted by Gasteiger charge is -2.21. The van der Waals surface area contributed by atoms with Crippen LogP contribution in [-0.2, 0) is 0 Å². The van der Waals surface area contributed by atoms with Crippen molar-refractivity contribution in [1.29, 1.82) is 0 Å². The second-order valence-corrected chi connectivity index (χ2v) is 7.49. The molecule has 0 saturated heterocycles. The number of aromatic nitrogens is 2. The average molecular weight is 396 g/mol. The van der Waals surface area contributed by atoms with Crippen LogP contribution in [0.2, 0.25) is 0 Å². The SMILES string of the molecule is C=C1CCCN(SC)c2cc3nc(-c4ccc(F)cc4)c(C(=O)NC)n3cc21. The molecule has 2 aromatic heterocycles. The quantitative estimate of drug-likeness (QED) is 0.667. The molecule has 0 unspecified atom stereocenters. The van der Waals surface area contributed by atoms with E-state index >= 15 is 0 Å². The molecule has 1 aliphatic rings. The molecule has 3 heterocycles. The summed E-state index contributed by atoms with van der Waals surface area (Å²) in [6.07, 6.45) is 5.93. The van der Waals surface area contributed by atoms with Crippen molar-refractivity contribution in [3.63, 3.8) is 0 Å². The topological polar surface area (TPSA) is 49.6 Å². The summed E-state index contributed by atoms with van der Waals surface area (Å²) >= 11 is 1.67. The molecule has 0 atom stereocenters. The maximum atomic E-state index is 13.4. The number of hydrogen-bond acceptors (Lipinski definition) is 4. The Balaban J connectivity index is 2.00. The van der Waals surface area contributed by atoms with Crippen LogP contribution in [0.4, 0.5) is 10.1 Å². The van der Waals surface area contributed by atoms with Gasteiger partial charge >= 0.3 is 0 Å². The number of carbonyl (C=O) groups excluding carboxylic acids is 1. The van der Waals surface area contributed by atoms with Gasteiger partial charge in [0.2, 0.25) is 0 Å². The maximum Gasteiger partial charge on any atom is 0.270 e. The normalized spacial score (nSPS) is 14.1. The monoisotopic (exact) mass is 396 g/mol. The van der Waals surface area contributed by atoms with Gasteiger partial charge in [-0.1, -0.05) is 18.5 Å². The number of nitrogens with one attached hydrogen (secondary N) is 1. The summed E-state index contributed by atoms with van der Waals surface area (Å²) in [4.78, 5) is 17.4. The maximum absolute atomic E-state index is 13.4. The van der Waals surface area contributed by atoms with E-state index in [1.54, 1.807) is 31.1 Å². The summed E-state index contributed by atoms with van der Waals surface area (Å²) in [5, 5.41) is 2.69. The molecule has 0 fully saturated rings. The Labute approximate surface area is 167 Å². The Morgan fingerprint density at radius 2 is 2.07 bits per heavy atom. The third kappa shape index (κ3) is 3.05. The van der Waals surface area contributed by atoms with E-state index in [1.807, 2.05) is 22.9 Å². The molecule has 0 aliphatic carbocycles. The van der Waals surface area contributed by atoms with E-state index in [0.29, 0.717) is 22.6 Å². The Kier molecular flexibility index (Phi) is 4.85. The van der Waals surface area contributed by atoms with Gasteiger partial charge in [-0.3, -0.25) is 9.20 Å². The van der Waals surface area contributed by atoms with E-state index in [-0.39, 0.29) is 11.7 Å². The minimum absolute atomic E-state index is 0.243. The highest BCUT2D eigenvalue weighted by Gasteiger charge is 2.24. The molecule has 0 spiro atoms. The van der Waals surface area contributed by atoms with Crippen molar-refractivity contribution < 1.29 is 9.18 Å². The lowest BCUT2D eigenvalue weighted by atomic mass is 10.0. The number of halogens is 1. The minimum Gasteiger partial charge on any atom is -0.354 e. The number of rotatable bonds is 3. The molecule has 144 valence electrons. The number of amides is 1. The number of imidazole rings is 1. The predicted molar refractivity (Wildman–Crippen MR) is 113 cm³/mol. The first-order chi connectivity index (χ1) is 13.5. The van der Waals surface area contributed by atoms with Crippen molar-refractivity contribution in [3.05, 3.63) is 60.2 Å². The van der Waals surface area contributed by atoms with Crippen LogP contribution in [-0.4, -0.2) is 35.1 Å². The number of nitrogens with zero attached hydrogens (tertiary/aromatic N) is 3. The van der Waals surface area contributed by atoms with Gasteiger partial charge < -0.3 is 9.62 Å². The lowest BCUT2D eigenvalue weighted by Crippen LogP contribution is -2.21. The molecule has 1 aromatic carbocycles. The van der Waals surface area contributed by atoms with Gasteiger partial charge in [0, 0.05) is 43.2 Å². The summed E-state index contributed by atoms with van der Waals surface area (Å²) in [6, 6.07) is 8.03. The Morgan fingerprint density at radius 3 is 2.75 bits per heavy atom. The Bertz CT molecular complexity index is 1070. The first-order valence-corrected chi connectivity index (χ1v) is 10.3. The van der Waals surface area contributed by atoms with Crippen LogP contribution in [0.15, 0.2) is 43.1 Å². The van der Waals surface area contributed by atoms with E-state index in [1.165, 1.54) is 12.1 Å². The third-order valence-corrected chi connectivity index (χ3v) is 5.83. The molecule has 1 N–H and O–H groups in total. The molecular formula is C21H21FN4OS. The van der Waals surface area contributed by atoms with Gasteiger partial charge in [0.15, 0.2) is 0 Å². The second-order valence-electron chi connectivity index (χ2n) is 6.69. The van der Waals surface area contributed by atoms with Crippen LogP contribution in [0.1, 0.15) is 28.9 Å². The number of fused-ring (bicyclic) bond motifs is 2. The Morgan fingerprint density at radius 1 is 1.32 bits per heavy atom. The van der Waals surface area contributed by atoms with Gasteiger partial charge in [-0.2, -0.15) is 0 Å². The van der Waals surface area contributed by atoms with Crippen LogP contribution >= 0.6 is 11.9 Å². The molecule has 1 aliphatic heterocycles. The molecule has 3 aromatic rings. The predicted octanol–water partition coefficient (Wildman–Crippen LogP) is 4.39. The van der Waals surface area contributed by atoms with E-state index in [9.17, 15) is 9.18 Å². The van der Waals surface area contributed by atoms with Gasteiger partial charge in [-0.15, -0.1) is 0 Å². The fourth-order valence-electron chi connectivity index (χ4n) is 3.58. The first kappa shape index (κ1) is 18.6. The van der Waals surface area contributed by atoms with Crippen molar-refractivity contribution >= 4 is 34.8 Å². The molecule has 7 heteroatoms. The van der Waals surface area contributed by atoms with Gasteiger partial charge in [0.25, 0.3) is 5.91 Å². The van der Waals surface area contributed by atoms with Gasteiger partial charge in [-0.05, 0) is 42.7 Å². The molecule has 0 saturated carbocycles. The summed E-state index contributed by atoms with van der Waals surface area (Å²) in [5.41, 5.74) is 5.45. The number of anilines is 1. The van der Waals surface area contributed by atoms with Crippen molar-refractivity contribution in [1.82, 2.24) is 14.7 Å². The molecule has 28 heavy (non-hydrogen) atoms. The standard InChI is InChI=1S/C21H21FN4OS/c1-13-5-4-10-26(28-3)17-11-18-24-19(14-6-8-15(22)9-7-14)20(21(27)23-2)25(18)12-16(13)17/h6-9,11-12H,1,4-5,10H2,2-3H3,(H,23,27). The zero-order chi connectivity index (χ0) is 19.8. The zero-order valence-corrected chi connectivity index (χ0v) is 16.6. The molecular weight excluding hydrogens is 375 g/mol. The highest BCUT2D eigenvalue weighted by molar-refractivity contribution is 7.99. The number of hydrogen-bond donors (Lipinski definition) is 1. The van der Waals surface area contributed by atoms with Crippen LogP contribution in [0.25, 0.3) is 22.5 Å². The Hall–Kier alpha value is -2.80. The van der Waals surface area contributed by atoms with Crippen molar-refractivity contribution in [2.45, 2.75) is 12.8 Å². The van der Waals surface area contributed by atoms with E-state index in [4.69, 9.17) is 4.98 Å². The fourth-order valence-corrected chi connectivity index (χ4v) is 4.24. The van der Waals surface area contributed by atoms with Gasteiger partial charge in [0.1, 0.15) is 22.9 Å². The molecule has 0 radical (unpaired) electrons. The number of allylic oxidation sites excluding steroid dienone is 1. The number of pyridine rings is 1. The smallest absolute Gasteiger partial charge is 0.270 e. The van der Waals surface area contributed by atoms with Crippen molar-refractivity contribution in [2.75, 3.05) is 24.2 Å². The fraction of sp³-hybridized carbons (Fsp3) is 0.238. The largest absolute Gasteiger partial charge is 0.354 e. The lowest BCUT2D eigenvalue weighted by molar-refractivity contribution is 0.0958. The summed E-state index contributed by atoms with van der Waals surface area (Å²) < 4.78 is 17.4. The second kappa shape index (κ2) is 7.31. The summed E-state index contributed by atoms with van der Waals surface area (Å²) in [5.74, 6) is -0.569. The van der Waals surface area contributed by atoms with Crippen molar-refractivity contribution in [3.8, 4) is 11.3 Å². The number of carbonyl (C=O) groups is 1. The van der Waals surface area contributed by atoms with Crippen molar-refractivity contribution in [2.24, 2.45) is 0 Å². The molecule has 5 nitrogen and oxygen atoms in total. The summed E-state index contributed by atoms with van der Waals surface area (Å²) in [7, 11) is 1.59. The van der Waals surface area contributed by atoms with Gasteiger partial charge in [0.05, 0.1) is 5.69 Å². The van der Waals surface area contributed by atoms with Crippen LogP contribution < -0.4 is 9.62 Å². The number of benzene rings is 1. The van der Waals surface area contributed by atoms with Crippen LogP contribution in [0.3, 0.4) is 0 Å². The van der Waals surface area contributed by atoms with Crippen LogP contribution in [0.5, 0.6) is 0 Å². The first-order valence-electron chi connectivity index (χ1n) is 9.07. The van der Waals surface area contributed by atoms with E-state index in [2.05, 4.69) is 16.2 Å². The van der Waals surface area contributed by atoms with E-state index in [0.717, 1.165) is 36.2 Å². The minimum atomic E-state index is -0.326. The van der Waals surface area contributed by atoms with Gasteiger partial charge in [-0.25, -0.2) is 9.37 Å². The summed E-state index contributed by atoms with van der Waals surface area (Å²) in [6.45, 7) is 5.18. The highest BCUT2D eigenvalue weighted by Crippen LogP contribution is 2.37. The molecule has 4 rings (SSSR count). The van der Waals surface area contributed by atoms with E-state index < -0.39 is 0 Å². The third-order valence-electron chi connectivity index (χ3n) is 5.01. The van der Waals surface area contributed by atoms with Crippen LogP contribution in [0, 0.1) is 5.82 Å². The highest BCUT2D eigenvalue weighted by atomic mass is 32.2. The zero-order valence-electron chi connectivity index (χ0n) is 15.8. The molecule has 0 bridgehead atoms. The molecule has 1 amide bonds. The average Bonchev–Trinajstić information content (AvgIpc) is 3.00.